The van der Waals surface area contributed by atoms with Crippen LogP contribution < -0.4 is 0 Å². The van der Waals surface area contributed by atoms with Crippen molar-refractivity contribution in [2.75, 3.05) is 13.2 Å². The summed E-state index contributed by atoms with van der Waals surface area (Å²) in [5.74, 6) is 0. The van der Waals surface area contributed by atoms with Crippen LogP contribution in [0.1, 0.15) is 12.8 Å². The van der Waals surface area contributed by atoms with Gasteiger partial charge in [-0.15, -0.1) is 0 Å². The van der Waals surface area contributed by atoms with Crippen LogP contribution in [0.4, 0.5) is 4.39 Å². The second kappa shape index (κ2) is 2.82. The van der Waals surface area contributed by atoms with Gasteiger partial charge < -0.3 is 4.74 Å². The van der Waals surface area contributed by atoms with Gasteiger partial charge in [-0.05, 0) is 18.4 Å². The molecule has 1 rings (SSSR count). The van der Waals surface area contributed by atoms with Crippen molar-refractivity contribution in [2.45, 2.75) is 12.8 Å². The molecule has 2 heteroatoms. The second-order valence-corrected chi connectivity index (χ2v) is 1.88. The Morgan fingerprint density at radius 2 is 2.00 bits per heavy atom. The summed E-state index contributed by atoms with van der Waals surface area (Å²) >= 11 is 0. The Hall–Kier alpha value is -0.370. The minimum Gasteiger partial charge on any atom is -0.381 e. The van der Waals surface area contributed by atoms with Crippen LogP contribution >= 0.6 is 0 Å². The maximum Gasteiger partial charge on any atom is 0.0860 e. The van der Waals surface area contributed by atoms with Crippen LogP contribution in [0.5, 0.6) is 0 Å². The zero-order valence-corrected chi connectivity index (χ0v) is 4.69. The molecule has 1 aliphatic heterocycles. The second-order valence-electron chi connectivity index (χ2n) is 1.88. The smallest absolute Gasteiger partial charge is 0.0860 e. The van der Waals surface area contributed by atoms with E-state index in [2.05, 4.69) is 0 Å². The number of hydrogen-bond acceptors (Lipinski definition) is 1. The van der Waals surface area contributed by atoms with Gasteiger partial charge >= 0.3 is 0 Å². The molecule has 1 heterocycles. The van der Waals surface area contributed by atoms with Crippen LogP contribution in [-0.2, 0) is 4.74 Å². The van der Waals surface area contributed by atoms with E-state index in [1.54, 1.807) is 0 Å². The van der Waals surface area contributed by atoms with E-state index in [1.165, 1.54) is 0 Å². The molecule has 0 aromatic rings. The lowest BCUT2D eigenvalue weighted by molar-refractivity contribution is 0.118. The van der Waals surface area contributed by atoms with Crippen LogP contribution in [0, 0.1) is 0 Å². The van der Waals surface area contributed by atoms with Crippen molar-refractivity contribution >= 4 is 0 Å². The summed E-state index contributed by atoms with van der Waals surface area (Å²) in [6, 6.07) is 0. The van der Waals surface area contributed by atoms with Crippen LogP contribution in [0.2, 0.25) is 0 Å². The van der Waals surface area contributed by atoms with Gasteiger partial charge in [-0.3, -0.25) is 0 Å². The van der Waals surface area contributed by atoms with E-state index < -0.39 is 0 Å². The Morgan fingerprint density at radius 1 is 1.38 bits per heavy atom. The van der Waals surface area contributed by atoms with Crippen molar-refractivity contribution in [3.05, 3.63) is 11.9 Å². The summed E-state index contributed by atoms with van der Waals surface area (Å²) in [7, 11) is 0. The molecule has 0 aromatic heterocycles. The highest BCUT2D eigenvalue weighted by atomic mass is 19.1. The summed E-state index contributed by atoms with van der Waals surface area (Å²) < 4.78 is 16.7. The van der Waals surface area contributed by atoms with Gasteiger partial charge in [-0.1, -0.05) is 0 Å². The number of ether oxygens (including phenoxy) is 1. The van der Waals surface area contributed by atoms with E-state index in [1.807, 2.05) is 0 Å². The monoisotopic (exact) mass is 116 g/mol. The molecule has 1 nitrogen and oxygen atoms in total. The van der Waals surface area contributed by atoms with Crippen LogP contribution in [0.25, 0.3) is 0 Å². The van der Waals surface area contributed by atoms with Crippen molar-refractivity contribution in [2.24, 2.45) is 0 Å². The highest BCUT2D eigenvalue weighted by Crippen LogP contribution is 2.12. The molecule has 8 heavy (non-hydrogen) atoms. The van der Waals surface area contributed by atoms with Gasteiger partial charge in [-0.2, -0.15) is 0 Å². The van der Waals surface area contributed by atoms with Crippen molar-refractivity contribution < 1.29 is 9.13 Å². The summed E-state index contributed by atoms with van der Waals surface area (Å²) in [4.78, 5) is 0. The van der Waals surface area contributed by atoms with Crippen LogP contribution in [-0.4, -0.2) is 13.2 Å². The Bertz CT molecular complexity index is 90.7. The molecule has 0 radical (unpaired) electrons. The standard InChI is InChI=1S/C6H9FO/c7-5-6-1-3-8-4-2-6/h5H,1-4H2. The average molecular weight is 116 g/mol. The van der Waals surface area contributed by atoms with Gasteiger partial charge in [0.1, 0.15) is 0 Å². The lowest BCUT2D eigenvalue weighted by atomic mass is 10.1. The molecule has 0 spiro atoms. The lowest BCUT2D eigenvalue weighted by Crippen LogP contribution is -2.06. The molecule has 0 aromatic carbocycles. The highest BCUT2D eigenvalue weighted by Gasteiger charge is 2.03. The van der Waals surface area contributed by atoms with E-state index >= 15 is 0 Å². The van der Waals surface area contributed by atoms with E-state index in [0.717, 1.165) is 18.4 Å². The maximum atomic E-state index is 11.7. The average Bonchev–Trinajstić information content (AvgIpc) is 1.90. The van der Waals surface area contributed by atoms with Crippen LogP contribution in [0.15, 0.2) is 11.9 Å². The topological polar surface area (TPSA) is 9.23 Å². The fourth-order valence-electron chi connectivity index (χ4n) is 0.743. The summed E-state index contributed by atoms with van der Waals surface area (Å²) in [5.41, 5.74) is 0.885. The largest absolute Gasteiger partial charge is 0.381 e. The predicted octanol–water partition coefficient (Wildman–Crippen LogP) is 1.65. The number of rotatable bonds is 0. The fraction of sp³-hybridized carbons (Fsp3) is 0.667. The quantitative estimate of drug-likeness (QED) is 0.467. The highest BCUT2D eigenvalue weighted by molar-refractivity contribution is 4.98. The molecule has 0 saturated carbocycles. The molecule has 0 unspecified atom stereocenters. The van der Waals surface area contributed by atoms with E-state index in [4.69, 9.17) is 4.74 Å². The molecule has 1 aliphatic rings. The third kappa shape index (κ3) is 1.30. The lowest BCUT2D eigenvalue weighted by Gasteiger charge is -2.11. The third-order valence-electron chi connectivity index (χ3n) is 1.29. The van der Waals surface area contributed by atoms with Crippen molar-refractivity contribution in [1.29, 1.82) is 0 Å². The van der Waals surface area contributed by atoms with Gasteiger partial charge in [-0.25, -0.2) is 4.39 Å². The molecule has 0 N–H and O–H groups in total. The van der Waals surface area contributed by atoms with E-state index in [-0.39, 0.29) is 0 Å². The van der Waals surface area contributed by atoms with Gasteiger partial charge in [0, 0.05) is 0 Å². The molecule has 1 saturated heterocycles. The summed E-state index contributed by atoms with van der Waals surface area (Å²) in [6.45, 7) is 1.38. The molecular formula is C6H9FO. The van der Waals surface area contributed by atoms with Gasteiger partial charge in [0.25, 0.3) is 0 Å². The van der Waals surface area contributed by atoms with Gasteiger partial charge in [0.15, 0.2) is 0 Å². The predicted molar refractivity (Wildman–Crippen MR) is 29.2 cm³/mol. The third-order valence-corrected chi connectivity index (χ3v) is 1.29. The van der Waals surface area contributed by atoms with Gasteiger partial charge in [0.05, 0.1) is 19.5 Å². The van der Waals surface area contributed by atoms with Crippen molar-refractivity contribution in [1.82, 2.24) is 0 Å². The first-order valence-electron chi connectivity index (χ1n) is 2.79. The Morgan fingerprint density at radius 3 is 2.38 bits per heavy atom. The first kappa shape index (κ1) is 5.76. The van der Waals surface area contributed by atoms with Gasteiger partial charge in [0.2, 0.25) is 0 Å². The zero-order chi connectivity index (χ0) is 5.82. The Labute approximate surface area is 48.1 Å². The molecular weight excluding hydrogens is 107 g/mol. The fourth-order valence-corrected chi connectivity index (χ4v) is 0.743. The minimum atomic E-state index is 0.690. The van der Waals surface area contributed by atoms with E-state index in [0.29, 0.717) is 19.5 Å². The van der Waals surface area contributed by atoms with E-state index in [9.17, 15) is 4.39 Å². The molecule has 0 amide bonds. The normalized spacial score (nSPS) is 20.9. The Balaban J connectivity index is 2.33. The van der Waals surface area contributed by atoms with Crippen molar-refractivity contribution in [3.63, 3.8) is 0 Å². The number of halogens is 1. The molecule has 46 valence electrons. The Kier molecular flexibility index (Phi) is 2.03. The molecule has 0 aliphatic carbocycles. The van der Waals surface area contributed by atoms with Crippen LogP contribution in [0.3, 0.4) is 0 Å². The first-order chi connectivity index (χ1) is 3.93. The molecule has 1 fully saturated rings. The minimum absolute atomic E-state index is 0.690. The SMILES string of the molecule is FC=C1CCOCC1. The molecule has 0 atom stereocenters. The summed E-state index contributed by atoms with van der Waals surface area (Å²) in [5, 5.41) is 0. The molecule has 0 bridgehead atoms. The maximum absolute atomic E-state index is 11.7. The zero-order valence-electron chi connectivity index (χ0n) is 4.69. The first-order valence-corrected chi connectivity index (χ1v) is 2.79. The summed E-state index contributed by atoms with van der Waals surface area (Å²) in [6.07, 6.45) is 2.25. The van der Waals surface area contributed by atoms with Crippen molar-refractivity contribution in [3.8, 4) is 0 Å². The number of hydrogen-bond donors (Lipinski definition) is 0.